The van der Waals surface area contributed by atoms with Crippen LogP contribution in [0.3, 0.4) is 0 Å². The minimum atomic E-state index is 0.917. The van der Waals surface area contributed by atoms with Gasteiger partial charge in [0.05, 0.1) is 7.11 Å². The van der Waals surface area contributed by atoms with Crippen molar-refractivity contribution in [2.45, 2.75) is 13.8 Å². The van der Waals surface area contributed by atoms with Crippen molar-refractivity contribution in [3.63, 3.8) is 0 Å². The second kappa shape index (κ2) is 5.35. The first-order chi connectivity index (χ1) is 9.06. The van der Waals surface area contributed by atoms with E-state index in [2.05, 4.69) is 57.1 Å². The van der Waals surface area contributed by atoms with Gasteiger partial charge in [-0.05, 0) is 42.7 Å². The van der Waals surface area contributed by atoms with Gasteiger partial charge in [-0.25, -0.2) is 0 Å². The third-order valence-corrected chi connectivity index (χ3v) is 3.58. The Labute approximate surface area is 115 Å². The predicted molar refractivity (Wildman–Crippen MR) is 82.2 cm³/mol. The summed E-state index contributed by atoms with van der Waals surface area (Å²) in [5.41, 5.74) is 6.17. The van der Waals surface area contributed by atoms with Crippen LogP contribution in [0.2, 0.25) is 0 Å². The first kappa shape index (κ1) is 13.5. The largest absolute Gasteiger partial charge is 0.496 e. The average molecular weight is 255 g/mol. The molecule has 2 rings (SSSR count). The highest BCUT2D eigenvalue weighted by molar-refractivity contribution is 5.85. The van der Waals surface area contributed by atoms with Crippen LogP contribution >= 0.6 is 0 Å². The molecule has 0 heterocycles. The van der Waals surface area contributed by atoms with Crippen LogP contribution in [0.15, 0.2) is 36.4 Å². The highest BCUT2D eigenvalue weighted by Gasteiger charge is 2.15. The summed E-state index contributed by atoms with van der Waals surface area (Å²) in [4.78, 5) is 2.12. The summed E-state index contributed by atoms with van der Waals surface area (Å²) in [6.45, 7) is 4.31. The highest BCUT2D eigenvalue weighted by atomic mass is 16.5. The molecule has 0 fully saturated rings. The molecule has 0 aliphatic carbocycles. The van der Waals surface area contributed by atoms with Gasteiger partial charge in [0.1, 0.15) is 5.75 Å². The zero-order valence-corrected chi connectivity index (χ0v) is 12.3. The summed E-state index contributed by atoms with van der Waals surface area (Å²) in [6, 6.07) is 12.6. The van der Waals surface area contributed by atoms with Gasteiger partial charge in [0.25, 0.3) is 0 Å². The lowest BCUT2D eigenvalue weighted by Crippen LogP contribution is -2.10. The highest BCUT2D eigenvalue weighted by Crippen LogP contribution is 2.40. The maximum Gasteiger partial charge on any atom is 0.128 e. The molecule has 0 saturated carbocycles. The van der Waals surface area contributed by atoms with Crippen LogP contribution in [-0.2, 0) is 0 Å². The van der Waals surface area contributed by atoms with Crippen molar-refractivity contribution in [1.82, 2.24) is 0 Å². The summed E-state index contributed by atoms with van der Waals surface area (Å²) >= 11 is 0. The number of methoxy groups -OCH3 is 1. The van der Waals surface area contributed by atoms with Gasteiger partial charge in [-0.15, -0.1) is 0 Å². The van der Waals surface area contributed by atoms with E-state index in [1.54, 1.807) is 7.11 Å². The van der Waals surface area contributed by atoms with E-state index in [1.165, 1.54) is 22.4 Å². The van der Waals surface area contributed by atoms with Gasteiger partial charge in [-0.3, -0.25) is 0 Å². The fourth-order valence-electron chi connectivity index (χ4n) is 2.35. The molecule has 0 spiro atoms. The molecule has 0 aliphatic heterocycles. The molecular weight excluding hydrogens is 234 g/mol. The van der Waals surface area contributed by atoms with Crippen molar-refractivity contribution in [2.24, 2.45) is 0 Å². The number of nitrogens with zero attached hydrogens (tertiary/aromatic N) is 1. The molecule has 0 radical (unpaired) electrons. The second-order valence-electron chi connectivity index (χ2n) is 5.00. The molecule has 100 valence electrons. The summed E-state index contributed by atoms with van der Waals surface area (Å²) in [5.74, 6) is 0.917. The predicted octanol–water partition coefficient (Wildman–Crippen LogP) is 4.05. The van der Waals surface area contributed by atoms with Crippen LogP contribution in [-0.4, -0.2) is 21.2 Å². The van der Waals surface area contributed by atoms with Gasteiger partial charge < -0.3 is 9.64 Å². The van der Waals surface area contributed by atoms with Crippen LogP contribution in [0, 0.1) is 13.8 Å². The molecule has 2 heteroatoms. The van der Waals surface area contributed by atoms with Gasteiger partial charge in [0, 0.05) is 25.3 Å². The van der Waals surface area contributed by atoms with E-state index in [0.29, 0.717) is 0 Å². The number of rotatable bonds is 3. The standard InChI is InChI=1S/C17H21NO/c1-12-8-6-9-14(13(12)2)17-15(18(3)4)10-7-11-16(17)19-5/h6-11H,1-5H3. The molecule has 19 heavy (non-hydrogen) atoms. The van der Waals surface area contributed by atoms with Gasteiger partial charge in [-0.2, -0.15) is 0 Å². The Morgan fingerprint density at radius 2 is 1.63 bits per heavy atom. The molecule has 2 aromatic rings. The lowest BCUT2D eigenvalue weighted by atomic mass is 9.95. The Morgan fingerprint density at radius 3 is 2.26 bits per heavy atom. The Kier molecular flexibility index (Phi) is 3.79. The lowest BCUT2D eigenvalue weighted by molar-refractivity contribution is 0.416. The van der Waals surface area contributed by atoms with Gasteiger partial charge in [0.15, 0.2) is 0 Å². The average Bonchev–Trinajstić information content (AvgIpc) is 2.41. The molecule has 0 N–H and O–H groups in total. The van der Waals surface area contributed by atoms with E-state index in [9.17, 15) is 0 Å². The molecule has 0 unspecified atom stereocenters. The lowest BCUT2D eigenvalue weighted by Gasteiger charge is -2.21. The first-order valence-corrected chi connectivity index (χ1v) is 6.47. The quantitative estimate of drug-likeness (QED) is 0.820. The van der Waals surface area contributed by atoms with Crippen molar-refractivity contribution >= 4 is 5.69 Å². The number of hydrogen-bond donors (Lipinski definition) is 0. The smallest absolute Gasteiger partial charge is 0.128 e. The molecule has 0 aromatic heterocycles. The zero-order valence-electron chi connectivity index (χ0n) is 12.3. The monoisotopic (exact) mass is 255 g/mol. The topological polar surface area (TPSA) is 12.5 Å². The van der Waals surface area contributed by atoms with E-state index < -0.39 is 0 Å². The van der Waals surface area contributed by atoms with Crippen molar-refractivity contribution in [3.8, 4) is 16.9 Å². The van der Waals surface area contributed by atoms with Crippen LogP contribution < -0.4 is 9.64 Å². The van der Waals surface area contributed by atoms with Crippen molar-refractivity contribution < 1.29 is 4.74 Å². The van der Waals surface area contributed by atoms with Gasteiger partial charge >= 0.3 is 0 Å². The summed E-state index contributed by atoms with van der Waals surface area (Å²) in [7, 11) is 5.84. The van der Waals surface area contributed by atoms with E-state index >= 15 is 0 Å². The molecule has 0 amide bonds. The number of ether oxygens (including phenoxy) is 1. The fourth-order valence-corrected chi connectivity index (χ4v) is 2.35. The first-order valence-electron chi connectivity index (χ1n) is 6.47. The van der Waals surface area contributed by atoms with Crippen molar-refractivity contribution in [1.29, 1.82) is 0 Å². The third kappa shape index (κ3) is 2.43. The van der Waals surface area contributed by atoms with E-state index in [4.69, 9.17) is 4.74 Å². The molecule has 0 atom stereocenters. The van der Waals surface area contributed by atoms with E-state index in [1.807, 2.05) is 12.1 Å². The minimum absolute atomic E-state index is 0.917. The Balaban J connectivity index is 2.76. The summed E-state index contributed by atoms with van der Waals surface area (Å²) in [6.07, 6.45) is 0. The van der Waals surface area contributed by atoms with Gasteiger partial charge in [0.2, 0.25) is 0 Å². The molecular formula is C17H21NO. The van der Waals surface area contributed by atoms with Crippen LogP contribution in [0.25, 0.3) is 11.1 Å². The zero-order chi connectivity index (χ0) is 14.0. The van der Waals surface area contributed by atoms with E-state index in [-0.39, 0.29) is 0 Å². The molecule has 2 aromatic carbocycles. The molecule has 2 nitrogen and oxygen atoms in total. The Morgan fingerprint density at radius 1 is 0.947 bits per heavy atom. The number of hydrogen-bond acceptors (Lipinski definition) is 2. The number of anilines is 1. The van der Waals surface area contributed by atoms with Crippen molar-refractivity contribution in [3.05, 3.63) is 47.5 Å². The molecule has 0 aliphatic rings. The molecule has 0 saturated heterocycles. The maximum absolute atomic E-state index is 5.56. The number of benzene rings is 2. The SMILES string of the molecule is COc1cccc(N(C)C)c1-c1cccc(C)c1C. The summed E-state index contributed by atoms with van der Waals surface area (Å²) in [5, 5.41) is 0. The second-order valence-corrected chi connectivity index (χ2v) is 5.00. The Hall–Kier alpha value is -1.96. The van der Waals surface area contributed by atoms with Crippen LogP contribution in [0.5, 0.6) is 5.75 Å². The van der Waals surface area contributed by atoms with Crippen LogP contribution in [0.4, 0.5) is 5.69 Å². The van der Waals surface area contributed by atoms with Crippen LogP contribution in [0.1, 0.15) is 11.1 Å². The summed E-state index contributed by atoms with van der Waals surface area (Å²) < 4.78 is 5.56. The fraction of sp³-hybridized carbons (Fsp3) is 0.294. The minimum Gasteiger partial charge on any atom is -0.496 e. The molecule has 0 bridgehead atoms. The maximum atomic E-state index is 5.56. The third-order valence-electron chi connectivity index (χ3n) is 3.58. The van der Waals surface area contributed by atoms with E-state index in [0.717, 1.165) is 11.3 Å². The normalized spacial score (nSPS) is 10.4. The van der Waals surface area contributed by atoms with Gasteiger partial charge in [-0.1, -0.05) is 24.3 Å². The number of aryl methyl sites for hydroxylation is 1. The Bertz CT molecular complexity index is 588. The van der Waals surface area contributed by atoms with Crippen molar-refractivity contribution in [2.75, 3.05) is 26.1 Å².